The van der Waals surface area contributed by atoms with Crippen molar-refractivity contribution >= 4 is 0 Å². The molecule has 0 bridgehead atoms. The van der Waals surface area contributed by atoms with Crippen LogP contribution in [0.1, 0.15) is 43.6 Å². The number of hydrogen-bond donors (Lipinski definition) is 0. The molecule has 0 aliphatic carbocycles. The van der Waals surface area contributed by atoms with Crippen LogP contribution in [0.25, 0.3) is 0 Å². The summed E-state index contributed by atoms with van der Waals surface area (Å²) in [4.78, 5) is 0. The second kappa shape index (κ2) is 4.43. The van der Waals surface area contributed by atoms with Crippen LogP contribution in [0.2, 0.25) is 0 Å². The zero-order valence-corrected chi connectivity index (χ0v) is 8.63. The van der Waals surface area contributed by atoms with Crippen LogP contribution in [0, 0.1) is 0 Å². The highest BCUT2D eigenvalue weighted by Crippen LogP contribution is 2.20. The Morgan fingerprint density at radius 3 is 2.38 bits per heavy atom. The van der Waals surface area contributed by atoms with Crippen molar-refractivity contribution in [2.75, 3.05) is 0 Å². The van der Waals surface area contributed by atoms with E-state index in [4.69, 9.17) is 0 Å². The normalized spacial score (nSPS) is 12.9. The predicted molar refractivity (Wildman–Crippen MR) is 54.3 cm³/mol. The van der Waals surface area contributed by atoms with Gasteiger partial charge in [0.25, 0.3) is 0 Å². The van der Waals surface area contributed by atoms with Crippen LogP contribution in [0.5, 0.6) is 0 Å². The first-order valence-corrected chi connectivity index (χ1v) is 4.96. The van der Waals surface area contributed by atoms with E-state index in [0.29, 0.717) is 0 Å². The average Bonchev–Trinajstić information content (AvgIpc) is 2.16. The van der Waals surface area contributed by atoms with Crippen LogP contribution >= 0.6 is 0 Å². The number of hydrogen-bond acceptors (Lipinski definition) is 0. The third-order valence-corrected chi connectivity index (χ3v) is 2.43. The lowest BCUT2D eigenvalue weighted by molar-refractivity contribution is 0.105. The topological polar surface area (TPSA) is 19.9 Å². The van der Waals surface area contributed by atoms with Gasteiger partial charge in [0.15, 0.2) is 0 Å². The molecule has 71 valence electrons. The van der Waals surface area contributed by atoms with Crippen molar-refractivity contribution < 1.29 is 5.11 Å². The quantitative estimate of drug-likeness (QED) is 0.675. The number of benzene rings is 1. The van der Waals surface area contributed by atoms with Crippen molar-refractivity contribution in [3.05, 3.63) is 34.9 Å². The maximum atomic E-state index is 11.3. The van der Waals surface area contributed by atoms with Crippen LogP contribution < -0.4 is 0 Å². The monoisotopic (exact) mass is 177 g/mol. The molecule has 0 heterocycles. The Bertz CT molecular complexity index is 276. The second-order valence-corrected chi connectivity index (χ2v) is 3.38. The summed E-state index contributed by atoms with van der Waals surface area (Å²) in [6.07, 6.45) is 1.40. The van der Waals surface area contributed by atoms with Gasteiger partial charge in [-0.2, -0.15) is 0 Å². The van der Waals surface area contributed by atoms with Gasteiger partial charge in [-0.05, 0) is 36.5 Å². The number of aryl methyl sites for hydroxylation is 2. The van der Waals surface area contributed by atoms with E-state index < -0.39 is 6.10 Å². The van der Waals surface area contributed by atoms with Crippen molar-refractivity contribution in [3.8, 4) is 0 Å². The van der Waals surface area contributed by atoms with E-state index in [2.05, 4.69) is 26.0 Å². The lowest BCUT2D eigenvalue weighted by Gasteiger charge is -2.10. The summed E-state index contributed by atoms with van der Waals surface area (Å²) < 4.78 is 0. The van der Waals surface area contributed by atoms with Gasteiger partial charge in [-0.3, -0.25) is 0 Å². The Kier molecular flexibility index (Phi) is 3.49. The van der Waals surface area contributed by atoms with Crippen molar-refractivity contribution in [2.24, 2.45) is 0 Å². The summed E-state index contributed by atoms with van der Waals surface area (Å²) in [6, 6.07) is 6.20. The Hall–Kier alpha value is -0.820. The molecule has 1 heteroatoms. The van der Waals surface area contributed by atoms with Gasteiger partial charge in [0.2, 0.25) is 0 Å². The first kappa shape index (κ1) is 10.3. The van der Waals surface area contributed by atoms with Gasteiger partial charge in [-0.25, -0.2) is 5.11 Å². The van der Waals surface area contributed by atoms with Gasteiger partial charge in [0.1, 0.15) is 6.10 Å². The third-order valence-electron chi connectivity index (χ3n) is 2.43. The van der Waals surface area contributed by atoms with E-state index in [1.807, 2.05) is 6.07 Å². The van der Waals surface area contributed by atoms with Crippen LogP contribution in [0.15, 0.2) is 18.2 Å². The molecule has 1 rings (SSSR count). The zero-order chi connectivity index (χ0) is 9.84. The minimum absolute atomic E-state index is 0.596. The van der Waals surface area contributed by atoms with Gasteiger partial charge in [0, 0.05) is 0 Å². The summed E-state index contributed by atoms with van der Waals surface area (Å²) in [5.41, 5.74) is 3.49. The molecule has 0 spiro atoms. The molecule has 1 radical (unpaired) electrons. The fourth-order valence-electron chi connectivity index (χ4n) is 1.58. The van der Waals surface area contributed by atoms with E-state index in [1.165, 1.54) is 11.1 Å². The first-order chi connectivity index (χ1) is 6.19. The molecule has 0 fully saturated rings. The molecule has 0 amide bonds. The minimum atomic E-state index is -0.596. The SMILES string of the molecule is CCc1ccc(C(C)[O])c(CC)c1. The third kappa shape index (κ3) is 2.31. The molecule has 1 atom stereocenters. The van der Waals surface area contributed by atoms with Gasteiger partial charge >= 0.3 is 0 Å². The molecule has 1 aromatic carbocycles. The molecule has 1 aromatic rings. The maximum absolute atomic E-state index is 11.3. The van der Waals surface area contributed by atoms with Gasteiger partial charge in [0.05, 0.1) is 0 Å². The molecule has 0 N–H and O–H groups in total. The van der Waals surface area contributed by atoms with Crippen LogP contribution in [0.4, 0.5) is 0 Å². The Labute approximate surface area is 80.4 Å². The van der Waals surface area contributed by atoms with E-state index in [1.54, 1.807) is 6.92 Å². The highest BCUT2D eigenvalue weighted by atomic mass is 16.3. The molecule has 0 saturated heterocycles. The van der Waals surface area contributed by atoms with E-state index in [9.17, 15) is 5.11 Å². The predicted octanol–water partition coefficient (Wildman–Crippen LogP) is 3.30. The molecule has 0 saturated carbocycles. The lowest BCUT2D eigenvalue weighted by Crippen LogP contribution is -1.97. The molecular weight excluding hydrogens is 160 g/mol. The molecule has 0 aromatic heterocycles. The molecule has 0 aliphatic heterocycles. The Morgan fingerprint density at radius 1 is 1.23 bits per heavy atom. The maximum Gasteiger partial charge on any atom is 0.115 e. The Morgan fingerprint density at radius 2 is 1.92 bits per heavy atom. The largest absolute Gasteiger partial charge is 0.228 e. The Balaban J connectivity index is 3.08. The van der Waals surface area contributed by atoms with Crippen molar-refractivity contribution in [3.63, 3.8) is 0 Å². The zero-order valence-electron chi connectivity index (χ0n) is 8.63. The molecular formula is C12H17O. The summed E-state index contributed by atoms with van der Waals surface area (Å²) in [7, 11) is 0. The minimum Gasteiger partial charge on any atom is -0.228 e. The first-order valence-electron chi connectivity index (χ1n) is 4.96. The fraction of sp³-hybridized carbons (Fsp3) is 0.500. The second-order valence-electron chi connectivity index (χ2n) is 3.38. The highest BCUT2D eigenvalue weighted by molar-refractivity contribution is 5.33. The summed E-state index contributed by atoms with van der Waals surface area (Å²) in [6.45, 7) is 5.94. The molecule has 0 aliphatic rings. The van der Waals surface area contributed by atoms with Gasteiger partial charge in [-0.15, -0.1) is 0 Å². The fourth-order valence-corrected chi connectivity index (χ4v) is 1.58. The summed E-state index contributed by atoms with van der Waals surface area (Å²) >= 11 is 0. The van der Waals surface area contributed by atoms with Crippen molar-refractivity contribution in [1.82, 2.24) is 0 Å². The van der Waals surface area contributed by atoms with E-state index >= 15 is 0 Å². The molecule has 1 unspecified atom stereocenters. The van der Waals surface area contributed by atoms with Crippen LogP contribution in [-0.2, 0) is 17.9 Å². The van der Waals surface area contributed by atoms with Crippen molar-refractivity contribution in [1.29, 1.82) is 0 Å². The van der Waals surface area contributed by atoms with Gasteiger partial charge < -0.3 is 0 Å². The number of rotatable bonds is 3. The standard InChI is InChI=1S/C12H17O/c1-4-10-6-7-12(9(3)13)11(5-2)8-10/h6-9H,4-5H2,1-3H3. The van der Waals surface area contributed by atoms with Gasteiger partial charge in [-0.1, -0.05) is 32.0 Å². The smallest absolute Gasteiger partial charge is 0.115 e. The van der Waals surface area contributed by atoms with Crippen LogP contribution in [0.3, 0.4) is 0 Å². The van der Waals surface area contributed by atoms with E-state index in [0.717, 1.165) is 18.4 Å². The summed E-state index contributed by atoms with van der Waals surface area (Å²) in [5, 5.41) is 11.3. The average molecular weight is 177 g/mol. The van der Waals surface area contributed by atoms with Crippen molar-refractivity contribution in [2.45, 2.75) is 39.7 Å². The molecule has 13 heavy (non-hydrogen) atoms. The van der Waals surface area contributed by atoms with Crippen LogP contribution in [-0.4, -0.2) is 0 Å². The molecule has 1 nitrogen and oxygen atoms in total. The lowest BCUT2D eigenvalue weighted by atomic mass is 9.98. The van der Waals surface area contributed by atoms with E-state index in [-0.39, 0.29) is 0 Å². The summed E-state index contributed by atoms with van der Waals surface area (Å²) in [5.74, 6) is 0. The highest BCUT2D eigenvalue weighted by Gasteiger charge is 2.07.